The number of carbonyl (C=O) groups excluding carboxylic acids is 1. The molecule has 1 amide bonds. The van der Waals surface area contributed by atoms with Gasteiger partial charge in [0, 0.05) is 24.7 Å². The van der Waals surface area contributed by atoms with Crippen LogP contribution in [0.5, 0.6) is 0 Å². The summed E-state index contributed by atoms with van der Waals surface area (Å²) in [5, 5.41) is 7.51. The van der Waals surface area contributed by atoms with E-state index in [0.717, 1.165) is 44.6 Å². The summed E-state index contributed by atoms with van der Waals surface area (Å²) < 4.78 is 5.32. The second-order valence-corrected chi connectivity index (χ2v) is 6.49. The third kappa shape index (κ3) is 2.88. The van der Waals surface area contributed by atoms with Gasteiger partial charge in [0.05, 0.1) is 0 Å². The van der Waals surface area contributed by atoms with Crippen molar-refractivity contribution in [2.45, 2.75) is 12.8 Å². The standard InChI is InChI=1S/C18H21N3O2/c22-18(21-8-6-14-11-19-12-15(14)7-9-21)17-10-16(20-23-17)13-4-2-1-3-5-13/h1-5,10,14-15,19H,6-9,11-12H2/t14-,15+. The van der Waals surface area contributed by atoms with Crippen LogP contribution in [-0.4, -0.2) is 42.1 Å². The quantitative estimate of drug-likeness (QED) is 0.925. The Balaban J connectivity index is 1.48. The van der Waals surface area contributed by atoms with Crippen molar-refractivity contribution in [3.05, 3.63) is 42.2 Å². The molecule has 0 saturated carbocycles. The summed E-state index contributed by atoms with van der Waals surface area (Å²) in [6.45, 7) is 3.80. The highest BCUT2D eigenvalue weighted by Gasteiger charge is 2.32. The Morgan fingerprint density at radius 2 is 1.83 bits per heavy atom. The van der Waals surface area contributed by atoms with E-state index in [1.807, 2.05) is 35.2 Å². The van der Waals surface area contributed by atoms with E-state index in [4.69, 9.17) is 4.52 Å². The van der Waals surface area contributed by atoms with Crippen LogP contribution in [0.3, 0.4) is 0 Å². The second-order valence-electron chi connectivity index (χ2n) is 6.49. The molecule has 120 valence electrons. The first-order valence-corrected chi connectivity index (χ1v) is 8.33. The monoisotopic (exact) mass is 311 g/mol. The van der Waals surface area contributed by atoms with Crippen LogP contribution in [0, 0.1) is 11.8 Å². The maximum atomic E-state index is 12.7. The fraction of sp³-hybridized carbons (Fsp3) is 0.444. The van der Waals surface area contributed by atoms with Gasteiger partial charge in [0.2, 0.25) is 5.76 Å². The van der Waals surface area contributed by atoms with Crippen molar-refractivity contribution in [3.63, 3.8) is 0 Å². The molecule has 1 N–H and O–H groups in total. The number of benzene rings is 1. The van der Waals surface area contributed by atoms with Gasteiger partial charge in [0.1, 0.15) is 5.69 Å². The number of aromatic nitrogens is 1. The van der Waals surface area contributed by atoms with Crippen LogP contribution >= 0.6 is 0 Å². The van der Waals surface area contributed by atoms with Gasteiger partial charge in [-0.1, -0.05) is 35.5 Å². The number of nitrogens with zero attached hydrogens (tertiary/aromatic N) is 2. The zero-order chi connectivity index (χ0) is 15.6. The maximum Gasteiger partial charge on any atom is 0.292 e. The average Bonchev–Trinajstić information content (AvgIpc) is 3.21. The van der Waals surface area contributed by atoms with Crippen molar-refractivity contribution in [1.29, 1.82) is 0 Å². The summed E-state index contributed by atoms with van der Waals surface area (Å²) in [6.07, 6.45) is 2.15. The predicted molar refractivity (Wildman–Crippen MR) is 86.9 cm³/mol. The molecule has 0 aliphatic carbocycles. The van der Waals surface area contributed by atoms with E-state index in [1.165, 1.54) is 0 Å². The minimum atomic E-state index is -0.0346. The Kier molecular flexibility index (Phi) is 3.87. The maximum absolute atomic E-state index is 12.7. The zero-order valence-corrected chi connectivity index (χ0v) is 13.1. The van der Waals surface area contributed by atoms with E-state index in [-0.39, 0.29) is 5.91 Å². The van der Waals surface area contributed by atoms with Crippen molar-refractivity contribution in [1.82, 2.24) is 15.4 Å². The Morgan fingerprint density at radius 3 is 2.52 bits per heavy atom. The van der Waals surface area contributed by atoms with E-state index in [9.17, 15) is 4.79 Å². The van der Waals surface area contributed by atoms with Crippen molar-refractivity contribution in [3.8, 4) is 11.3 Å². The largest absolute Gasteiger partial charge is 0.350 e. The first-order chi connectivity index (χ1) is 11.3. The highest BCUT2D eigenvalue weighted by atomic mass is 16.5. The van der Waals surface area contributed by atoms with Gasteiger partial charge in [0.15, 0.2) is 0 Å². The van der Waals surface area contributed by atoms with E-state index in [0.29, 0.717) is 23.3 Å². The molecule has 0 unspecified atom stereocenters. The van der Waals surface area contributed by atoms with Gasteiger partial charge < -0.3 is 14.7 Å². The zero-order valence-electron chi connectivity index (χ0n) is 13.1. The van der Waals surface area contributed by atoms with Crippen LogP contribution in [0.15, 0.2) is 40.9 Å². The van der Waals surface area contributed by atoms with Gasteiger partial charge in [0.25, 0.3) is 5.91 Å². The number of nitrogens with one attached hydrogen (secondary N) is 1. The summed E-state index contributed by atoms with van der Waals surface area (Å²) in [7, 11) is 0. The van der Waals surface area contributed by atoms with Gasteiger partial charge in [-0.3, -0.25) is 4.79 Å². The lowest BCUT2D eigenvalue weighted by Gasteiger charge is -2.19. The molecule has 5 heteroatoms. The molecule has 0 bridgehead atoms. The normalized spacial score (nSPS) is 24.3. The number of hydrogen-bond acceptors (Lipinski definition) is 4. The fourth-order valence-electron chi connectivity index (χ4n) is 3.70. The molecule has 1 aromatic heterocycles. The van der Waals surface area contributed by atoms with Crippen LogP contribution in [0.2, 0.25) is 0 Å². The van der Waals surface area contributed by atoms with Crippen LogP contribution in [-0.2, 0) is 0 Å². The van der Waals surface area contributed by atoms with E-state index in [2.05, 4.69) is 10.5 Å². The SMILES string of the molecule is O=C(c1cc(-c2ccccc2)no1)N1CC[C@@H]2CNC[C@@H]2CC1. The fourth-order valence-corrected chi connectivity index (χ4v) is 3.70. The third-order valence-electron chi connectivity index (χ3n) is 5.10. The molecule has 2 atom stereocenters. The highest BCUT2D eigenvalue weighted by molar-refractivity contribution is 5.92. The number of rotatable bonds is 2. The topological polar surface area (TPSA) is 58.4 Å². The number of hydrogen-bond donors (Lipinski definition) is 1. The number of fused-ring (bicyclic) bond motifs is 1. The van der Waals surface area contributed by atoms with E-state index >= 15 is 0 Å². The molecule has 2 aliphatic heterocycles. The van der Waals surface area contributed by atoms with Gasteiger partial charge >= 0.3 is 0 Å². The Hall–Kier alpha value is -2.14. The average molecular weight is 311 g/mol. The molecule has 4 rings (SSSR count). The lowest BCUT2D eigenvalue weighted by Crippen LogP contribution is -2.32. The van der Waals surface area contributed by atoms with Crippen LogP contribution in [0.25, 0.3) is 11.3 Å². The lowest BCUT2D eigenvalue weighted by molar-refractivity contribution is 0.0716. The molecule has 2 aliphatic rings. The van der Waals surface area contributed by atoms with Gasteiger partial charge in [-0.15, -0.1) is 0 Å². The van der Waals surface area contributed by atoms with Crippen molar-refractivity contribution in [2.75, 3.05) is 26.2 Å². The highest BCUT2D eigenvalue weighted by Crippen LogP contribution is 2.28. The number of likely N-dealkylation sites (tertiary alicyclic amines) is 1. The summed E-state index contributed by atoms with van der Waals surface area (Å²) in [6, 6.07) is 11.5. The molecule has 0 radical (unpaired) electrons. The summed E-state index contributed by atoms with van der Waals surface area (Å²) in [4.78, 5) is 14.6. The summed E-state index contributed by atoms with van der Waals surface area (Å²) >= 11 is 0. The van der Waals surface area contributed by atoms with Crippen molar-refractivity contribution >= 4 is 5.91 Å². The molecule has 3 heterocycles. The van der Waals surface area contributed by atoms with E-state index < -0.39 is 0 Å². The Morgan fingerprint density at radius 1 is 1.13 bits per heavy atom. The molecule has 2 aromatic rings. The molecular weight excluding hydrogens is 290 g/mol. The number of amides is 1. The minimum absolute atomic E-state index is 0.0346. The van der Waals surface area contributed by atoms with Gasteiger partial charge in [-0.25, -0.2) is 0 Å². The lowest BCUT2D eigenvalue weighted by atomic mass is 9.92. The van der Waals surface area contributed by atoms with Crippen LogP contribution in [0.1, 0.15) is 23.4 Å². The minimum Gasteiger partial charge on any atom is -0.350 e. The second kappa shape index (κ2) is 6.16. The predicted octanol–water partition coefficient (Wildman–Crippen LogP) is 2.41. The first-order valence-electron chi connectivity index (χ1n) is 8.33. The summed E-state index contributed by atoms with van der Waals surface area (Å²) in [5.74, 6) is 1.73. The molecule has 0 spiro atoms. The van der Waals surface area contributed by atoms with E-state index in [1.54, 1.807) is 6.07 Å². The molecule has 5 nitrogen and oxygen atoms in total. The smallest absolute Gasteiger partial charge is 0.292 e. The molecular formula is C18H21N3O2. The first kappa shape index (κ1) is 14.5. The Bertz CT molecular complexity index is 669. The third-order valence-corrected chi connectivity index (χ3v) is 5.10. The number of carbonyl (C=O) groups is 1. The van der Waals surface area contributed by atoms with Crippen LogP contribution < -0.4 is 5.32 Å². The Labute approximate surface area is 135 Å². The van der Waals surface area contributed by atoms with Crippen molar-refractivity contribution < 1.29 is 9.32 Å². The molecule has 23 heavy (non-hydrogen) atoms. The van der Waals surface area contributed by atoms with Gasteiger partial charge in [-0.2, -0.15) is 0 Å². The van der Waals surface area contributed by atoms with Crippen LogP contribution in [0.4, 0.5) is 0 Å². The summed E-state index contributed by atoms with van der Waals surface area (Å²) in [5.41, 5.74) is 1.68. The van der Waals surface area contributed by atoms with Crippen molar-refractivity contribution in [2.24, 2.45) is 11.8 Å². The molecule has 2 saturated heterocycles. The van der Waals surface area contributed by atoms with Gasteiger partial charge in [-0.05, 0) is 37.8 Å². The molecule has 2 fully saturated rings. The molecule has 1 aromatic carbocycles.